The van der Waals surface area contributed by atoms with E-state index in [9.17, 15) is 0 Å². The van der Waals surface area contributed by atoms with Gasteiger partial charge in [0.2, 0.25) is 0 Å². The van der Waals surface area contributed by atoms with Gasteiger partial charge in [-0.25, -0.2) is 0 Å². The monoisotopic (exact) mass is 252 g/mol. The van der Waals surface area contributed by atoms with Crippen LogP contribution in [0.4, 0.5) is 0 Å². The van der Waals surface area contributed by atoms with Crippen molar-refractivity contribution in [2.24, 2.45) is 17.1 Å². The number of hydrogen-bond acceptors (Lipinski definition) is 2. The summed E-state index contributed by atoms with van der Waals surface area (Å²) in [6.45, 7) is 14.8. The summed E-state index contributed by atoms with van der Waals surface area (Å²) < 4.78 is 0. The van der Waals surface area contributed by atoms with E-state index < -0.39 is 0 Å². The van der Waals surface area contributed by atoms with Gasteiger partial charge in [-0.05, 0) is 43.9 Å². The highest BCUT2D eigenvalue weighted by Crippen LogP contribution is 2.39. The first-order valence-corrected chi connectivity index (χ1v) is 7.38. The molecule has 3 N–H and O–H groups in total. The van der Waals surface area contributed by atoms with Crippen molar-refractivity contribution in [1.82, 2.24) is 5.32 Å². The van der Waals surface area contributed by atoms with Crippen LogP contribution in [0.5, 0.6) is 0 Å². The van der Waals surface area contributed by atoms with Gasteiger partial charge < -0.3 is 11.1 Å². The van der Waals surface area contributed by atoms with E-state index in [1.807, 2.05) is 0 Å². The maximum absolute atomic E-state index is 6.06. The number of hydrogen-bond donors (Lipinski definition) is 2. The maximum Gasteiger partial charge on any atom is 0.0307 e. The summed E-state index contributed by atoms with van der Waals surface area (Å²) in [5, 5.41) is 3.67. The Kier molecular flexibility index (Phi) is 5.42. The second kappa shape index (κ2) is 6.21. The van der Waals surface area contributed by atoms with Gasteiger partial charge in [0.05, 0.1) is 0 Å². The van der Waals surface area contributed by atoms with Gasteiger partial charge in [0.15, 0.2) is 0 Å². The summed E-state index contributed by atoms with van der Waals surface area (Å²) in [5.74, 6) is 0.831. The van der Waals surface area contributed by atoms with E-state index in [-0.39, 0.29) is 5.54 Å². The largest absolute Gasteiger partial charge is 0.329 e. The minimum atomic E-state index is 0.152. The van der Waals surface area contributed by atoms with Gasteiger partial charge in [0.25, 0.3) is 0 Å². The molecule has 0 aliphatic heterocycles. The fourth-order valence-electron chi connectivity index (χ4n) is 3.06. The van der Waals surface area contributed by atoms with E-state index >= 15 is 0 Å². The highest BCUT2D eigenvalue weighted by atomic mass is 15.0. The summed E-state index contributed by atoms with van der Waals surface area (Å²) in [5.41, 5.74) is 7.83. The van der Waals surface area contributed by atoms with Crippen LogP contribution in [-0.2, 0) is 0 Å². The third kappa shape index (κ3) is 4.40. The molecule has 0 heterocycles. The molecular formula is C16H32N2. The molecule has 0 amide bonds. The lowest BCUT2D eigenvalue weighted by Crippen LogP contribution is -2.51. The Hall–Kier alpha value is -0.340. The Balaban J connectivity index is 2.64. The van der Waals surface area contributed by atoms with Crippen LogP contribution in [-0.4, -0.2) is 18.6 Å². The number of nitrogens with one attached hydrogen (secondary N) is 1. The first-order valence-electron chi connectivity index (χ1n) is 7.38. The average molecular weight is 252 g/mol. The van der Waals surface area contributed by atoms with E-state index in [0.29, 0.717) is 5.41 Å². The van der Waals surface area contributed by atoms with Crippen molar-refractivity contribution >= 4 is 0 Å². The zero-order chi connectivity index (χ0) is 13.8. The zero-order valence-corrected chi connectivity index (χ0v) is 12.8. The summed E-state index contributed by atoms with van der Waals surface area (Å²) in [6.07, 6.45) is 6.36. The molecular weight excluding hydrogens is 220 g/mol. The maximum atomic E-state index is 6.06. The van der Waals surface area contributed by atoms with E-state index in [0.717, 1.165) is 19.0 Å². The smallest absolute Gasteiger partial charge is 0.0307 e. The number of nitrogens with two attached hydrogens (primary N) is 1. The molecule has 2 atom stereocenters. The van der Waals surface area contributed by atoms with Crippen molar-refractivity contribution in [3.05, 3.63) is 12.2 Å². The van der Waals surface area contributed by atoms with Crippen LogP contribution >= 0.6 is 0 Å². The quantitative estimate of drug-likeness (QED) is 0.594. The van der Waals surface area contributed by atoms with Gasteiger partial charge in [0, 0.05) is 18.6 Å². The van der Waals surface area contributed by atoms with Crippen LogP contribution in [0, 0.1) is 11.3 Å². The van der Waals surface area contributed by atoms with Crippen LogP contribution in [0.2, 0.25) is 0 Å². The van der Waals surface area contributed by atoms with Gasteiger partial charge in [-0.1, -0.05) is 39.3 Å². The molecule has 2 unspecified atom stereocenters. The molecule has 0 aromatic carbocycles. The van der Waals surface area contributed by atoms with Crippen LogP contribution in [0.3, 0.4) is 0 Å². The molecule has 18 heavy (non-hydrogen) atoms. The molecule has 1 saturated carbocycles. The molecule has 0 spiro atoms. The molecule has 1 rings (SSSR count). The van der Waals surface area contributed by atoms with Crippen LogP contribution < -0.4 is 11.1 Å². The Morgan fingerprint density at radius 1 is 1.33 bits per heavy atom. The fraction of sp³-hybridized carbons (Fsp3) is 0.875. The zero-order valence-electron chi connectivity index (χ0n) is 12.8. The Bertz CT molecular complexity index is 277. The second-order valence-electron chi connectivity index (χ2n) is 7.29. The molecule has 2 heteroatoms. The summed E-state index contributed by atoms with van der Waals surface area (Å²) in [6, 6.07) is 0. The molecule has 0 bridgehead atoms. The Morgan fingerprint density at radius 2 is 2.00 bits per heavy atom. The fourth-order valence-corrected chi connectivity index (χ4v) is 3.06. The lowest BCUT2D eigenvalue weighted by atomic mass is 9.76. The van der Waals surface area contributed by atoms with Crippen molar-refractivity contribution < 1.29 is 0 Å². The average Bonchev–Trinajstić information content (AvgIpc) is 2.49. The molecule has 1 aliphatic rings. The van der Waals surface area contributed by atoms with E-state index in [4.69, 9.17) is 5.73 Å². The second-order valence-corrected chi connectivity index (χ2v) is 7.29. The van der Waals surface area contributed by atoms with Crippen LogP contribution in [0.1, 0.15) is 59.8 Å². The van der Waals surface area contributed by atoms with Crippen molar-refractivity contribution in [3.63, 3.8) is 0 Å². The van der Waals surface area contributed by atoms with Gasteiger partial charge in [-0.2, -0.15) is 0 Å². The highest BCUT2D eigenvalue weighted by Gasteiger charge is 2.34. The predicted octanol–water partition coefficient (Wildman–Crippen LogP) is 3.48. The van der Waals surface area contributed by atoms with Gasteiger partial charge in [-0.15, -0.1) is 0 Å². The standard InChI is InChI=1S/C16H32N2/c1-13(2)11-18-16(12-17)9-6-7-14(8-10-16)15(3,4)5/h14,18H,1,6-12,17H2,2-5H3. The van der Waals surface area contributed by atoms with Crippen LogP contribution in [0.25, 0.3) is 0 Å². The molecule has 0 aromatic heterocycles. The predicted molar refractivity (Wildman–Crippen MR) is 80.6 cm³/mol. The molecule has 2 nitrogen and oxygen atoms in total. The Morgan fingerprint density at radius 3 is 2.50 bits per heavy atom. The Labute approximate surface area is 113 Å². The molecule has 1 aliphatic carbocycles. The normalized spacial score (nSPS) is 29.9. The number of rotatable bonds is 4. The van der Waals surface area contributed by atoms with E-state index in [2.05, 4.69) is 39.6 Å². The molecule has 0 saturated heterocycles. The topological polar surface area (TPSA) is 38.0 Å². The molecule has 0 radical (unpaired) electrons. The molecule has 106 valence electrons. The van der Waals surface area contributed by atoms with Crippen molar-refractivity contribution in [3.8, 4) is 0 Å². The van der Waals surface area contributed by atoms with E-state index in [1.54, 1.807) is 0 Å². The summed E-state index contributed by atoms with van der Waals surface area (Å²) in [7, 11) is 0. The van der Waals surface area contributed by atoms with Crippen LogP contribution in [0.15, 0.2) is 12.2 Å². The highest BCUT2D eigenvalue weighted by molar-refractivity contribution is 4.99. The van der Waals surface area contributed by atoms with Crippen molar-refractivity contribution in [2.75, 3.05) is 13.1 Å². The lowest BCUT2D eigenvalue weighted by molar-refractivity contribution is 0.207. The summed E-state index contributed by atoms with van der Waals surface area (Å²) >= 11 is 0. The van der Waals surface area contributed by atoms with Crippen molar-refractivity contribution in [2.45, 2.75) is 65.3 Å². The first kappa shape index (κ1) is 15.7. The third-order valence-corrected chi connectivity index (χ3v) is 4.56. The molecule has 0 aromatic rings. The minimum absolute atomic E-state index is 0.152. The van der Waals surface area contributed by atoms with Gasteiger partial charge in [0.1, 0.15) is 0 Å². The van der Waals surface area contributed by atoms with E-state index in [1.165, 1.54) is 37.7 Å². The summed E-state index contributed by atoms with van der Waals surface area (Å²) in [4.78, 5) is 0. The molecule has 1 fully saturated rings. The SMILES string of the molecule is C=C(C)CNC1(CN)CCCC(C(C)(C)C)CC1. The van der Waals surface area contributed by atoms with Gasteiger partial charge in [-0.3, -0.25) is 0 Å². The van der Waals surface area contributed by atoms with Crippen molar-refractivity contribution in [1.29, 1.82) is 0 Å². The first-order chi connectivity index (χ1) is 8.29. The minimum Gasteiger partial charge on any atom is -0.329 e. The van der Waals surface area contributed by atoms with Gasteiger partial charge >= 0.3 is 0 Å². The lowest BCUT2D eigenvalue weighted by Gasteiger charge is -2.34. The third-order valence-electron chi connectivity index (χ3n) is 4.56.